The molecule has 0 amide bonds. The molecule has 0 aliphatic heterocycles. The van der Waals surface area contributed by atoms with E-state index in [9.17, 15) is 5.11 Å². The van der Waals surface area contributed by atoms with Gasteiger partial charge in [0.2, 0.25) is 0 Å². The first kappa shape index (κ1) is 12.2. The van der Waals surface area contributed by atoms with Crippen LogP contribution in [0.2, 0.25) is 0 Å². The molecule has 0 saturated heterocycles. The van der Waals surface area contributed by atoms with E-state index in [1.54, 1.807) is 21.3 Å². The molecule has 94 valence electrons. The second-order valence-electron chi connectivity index (χ2n) is 4.34. The molecule has 1 aliphatic carbocycles. The summed E-state index contributed by atoms with van der Waals surface area (Å²) in [5, 5.41) is 10.2. The van der Waals surface area contributed by atoms with E-state index < -0.39 is 5.60 Å². The van der Waals surface area contributed by atoms with Gasteiger partial charge in [-0.1, -0.05) is 0 Å². The van der Waals surface area contributed by atoms with Crippen molar-refractivity contribution in [3.63, 3.8) is 0 Å². The van der Waals surface area contributed by atoms with Crippen molar-refractivity contribution in [2.75, 3.05) is 21.3 Å². The first-order chi connectivity index (χ1) is 8.14. The molecule has 1 aromatic rings. The normalized spacial score (nSPS) is 16.7. The van der Waals surface area contributed by atoms with Crippen LogP contribution in [0.5, 0.6) is 11.5 Å². The molecular weight excluding hydrogens is 220 g/mol. The molecule has 0 atom stereocenters. The summed E-state index contributed by atoms with van der Waals surface area (Å²) in [6.45, 7) is 0.490. The van der Waals surface area contributed by atoms with Crippen molar-refractivity contribution < 1.29 is 19.3 Å². The van der Waals surface area contributed by atoms with Gasteiger partial charge in [0.1, 0.15) is 0 Å². The Morgan fingerprint density at radius 3 is 2.35 bits per heavy atom. The van der Waals surface area contributed by atoms with E-state index in [0.29, 0.717) is 18.1 Å². The first-order valence-corrected chi connectivity index (χ1v) is 5.61. The van der Waals surface area contributed by atoms with Crippen molar-refractivity contribution in [1.29, 1.82) is 0 Å². The summed E-state index contributed by atoms with van der Waals surface area (Å²) in [6, 6.07) is 3.80. The van der Waals surface area contributed by atoms with Gasteiger partial charge >= 0.3 is 0 Å². The Morgan fingerprint density at radius 1 is 1.18 bits per heavy atom. The van der Waals surface area contributed by atoms with Crippen molar-refractivity contribution in [2.45, 2.75) is 25.0 Å². The lowest BCUT2D eigenvalue weighted by Crippen LogP contribution is -2.09. The zero-order valence-electron chi connectivity index (χ0n) is 10.4. The van der Waals surface area contributed by atoms with E-state index >= 15 is 0 Å². The third kappa shape index (κ3) is 2.23. The van der Waals surface area contributed by atoms with Gasteiger partial charge in [-0.15, -0.1) is 0 Å². The SMILES string of the molecule is COCc1cc(OC)c(OC)c(C2(O)CC2)c1. The van der Waals surface area contributed by atoms with Crippen molar-refractivity contribution >= 4 is 0 Å². The molecule has 0 heterocycles. The standard InChI is InChI=1S/C13H18O4/c1-15-8-9-6-10(13(14)4-5-13)12(17-3)11(7-9)16-2/h6-7,14H,4-5,8H2,1-3H3. The highest BCUT2D eigenvalue weighted by molar-refractivity contribution is 5.53. The predicted octanol–water partition coefficient (Wildman–Crippen LogP) is 1.83. The number of aliphatic hydroxyl groups is 1. The summed E-state index contributed by atoms with van der Waals surface area (Å²) in [5.74, 6) is 1.25. The highest BCUT2D eigenvalue weighted by Crippen LogP contribution is 2.51. The number of hydrogen-bond donors (Lipinski definition) is 1. The fraction of sp³-hybridized carbons (Fsp3) is 0.538. The summed E-state index contributed by atoms with van der Waals surface area (Å²) >= 11 is 0. The lowest BCUT2D eigenvalue weighted by Gasteiger charge is -2.18. The zero-order chi connectivity index (χ0) is 12.5. The molecule has 1 N–H and O–H groups in total. The van der Waals surface area contributed by atoms with E-state index in [-0.39, 0.29) is 0 Å². The van der Waals surface area contributed by atoms with Gasteiger partial charge in [-0.3, -0.25) is 0 Å². The molecule has 0 spiro atoms. The van der Waals surface area contributed by atoms with Crippen LogP contribution in [0.1, 0.15) is 24.0 Å². The number of methoxy groups -OCH3 is 3. The quantitative estimate of drug-likeness (QED) is 0.850. The molecular formula is C13H18O4. The third-order valence-electron chi connectivity index (χ3n) is 3.07. The molecule has 0 radical (unpaired) electrons. The van der Waals surface area contributed by atoms with Crippen LogP contribution in [0.25, 0.3) is 0 Å². The lowest BCUT2D eigenvalue weighted by atomic mass is 10.0. The highest BCUT2D eigenvalue weighted by Gasteiger charge is 2.45. The van der Waals surface area contributed by atoms with Crippen LogP contribution in [0, 0.1) is 0 Å². The van der Waals surface area contributed by atoms with Gasteiger partial charge in [0.25, 0.3) is 0 Å². The Morgan fingerprint density at radius 2 is 1.88 bits per heavy atom. The molecule has 0 bridgehead atoms. The minimum Gasteiger partial charge on any atom is -0.493 e. The van der Waals surface area contributed by atoms with Crippen LogP contribution >= 0.6 is 0 Å². The topological polar surface area (TPSA) is 47.9 Å². The van der Waals surface area contributed by atoms with Crippen molar-refractivity contribution in [3.05, 3.63) is 23.3 Å². The van der Waals surface area contributed by atoms with Crippen LogP contribution in [-0.4, -0.2) is 26.4 Å². The molecule has 4 nitrogen and oxygen atoms in total. The fourth-order valence-corrected chi connectivity index (χ4v) is 2.00. The summed E-state index contributed by atoms with van der Waals surface area (Å²) in [6.07, 6.45) is 1.53. The number of hydrogen-bond acceptors (Lipinski definition) is 4. The minimum atomic E-state index is -0.748. The highest BCUT2D eigenvalue weighted by atomic mass is 16.5. The minimum absolute atomic E-state index is 0.490. The largest absolute Gasteiger partial charge is 0.493 e. The van der Waals surface area contributed by atoms with E-state index in [4.69, 9.17) is 14.2 Å². The van der Waals surface area contributed by atoms with E-state index in [1.165, 1.54) is 0 Å². The summed E-state index contributed by atoms with van der Waals surface area (Å²) in [5.41, 5.74) is 1.02. The van der Waals surface area contributed by atoms with Gasteiger partial charge in [0.15, 0.2) is 11.5 Å². The summed E-state index contributed by atoms with van der Waals surface area (Å²) in [4.78, 5) is 0. The number of rotatable bonds is 5. The van der Waals surface area contributed by atoms with Crippen LogP contribution in [-0.2, 0) is 16.9 Å². The summed E-state index contributed by atoms with van der Waals surface area (Å²) < 4.78 is 15.7. The van der Waals surface area contributed by atoms with Crippen LogP contribution in [0.3, 0.4) is 0 Å². The van der Waals surface area contributed by atoms with Crippen LogP contribution < -0.4 is 9.47 Å². The van der Waals surface area contributed by atoms with Gasteiger partial charge in [0.05, 0.1) is 26.4 Å². The van der Waals surface area contributed by atoms with Gasteiger partial charge in [-0.2, -0.15) is 0 Å². The average Bonchev–Trinajstić information content (AvgIpc) is 3.08. The lowest BCUT2D eigenvalue weighted by molar-refractivity contribution is 0.145. The number of ether oxygens (including phenoxy) is 3. The fourth-order valence-electron chi connectivity index (χ4n) is 2.00. The molecule has 1 fully saturated rings. The van der Waals surface area contributed by atoms with Crippen LogP contribution in [0.15, 0.2) is 12.1 Å². The van der Waals surface area contributed by atoms with E-state index in [0.717, 1.165) is 24.0 Å². The molecule has 0 unspecified atom stereocenters. The maximum atomic E-state index is 10.2. The average molecular weight is 238 g/mol. The van der Waals surface area contributed by atoms with E-state index in [2.05, 4.69) is 0 Å². The van der Waals surface area contributed by atoms with Crippen molar-refractivity contribution in [2.24, 2.45) is 0 Å². The zero-order valence-corrected chi connectivity index (χ0v) is 10.4. The Kier molecular flexibility index (Phi) is 3.26. The van der Waals surface area contributed by atoms with Gasteiger partial charge in [-0.05, 0) is 30.5 Å². The van der Waals surface area contributed by atoms with E-state index in [1.807, 2.05) is 12.1 Å². The maximum Gasteiger partial charge on any atom is 0.166 e. The summed E-state index contributed by atoms with van der Waals surface area (Å²) in [7, 11) is 4.82. The van der Waals surface area contributed by atoms with Crippen molar-refractivity contribution in [1.82, 2.24) is 0 Å². The third-order valence-corrected chi connectivity index (χ3v) is 3.07. The molecule has 1 saturated carbocycles. The Bertz CT molecular complexity index is 410. The Labute approximate surface area is 101 Å². The molecule has 1 aromatic carbocycles. The van der Waals surface area contributed by atoms with Gasteiger partial charge in [-0.25, -0.2) is 0 Å². The number of benzene rings is 1. The van der Waals surface area contributed by atoms with Gasteiger partial charge in [0, 0.05) is 12.7 Å². The monoisotopic (exact) mass is 238 g/mol. The molecule has 1 aliphatic rings. The van der Waals surface area contributed by atoms with Gasteiger partial charge < -0.3 is 19.3 Å². The second-order valence-corrected chi connectivity index (χ2v) is 4.34. The Balaban J connectivity index is 2.49. The smallest absolute Gasteiger partial charge is 0.166 e. The Hall–Kier alpha value is -1.26. The van der Waals surface area contributed by atoms with Crippen molar-refractivity contribution in [3.8, 4) is 11.5 Å². The molecule has 4 heteroatoms. The molecule has 17 heavy (non-hydrogen) atoms. The van der Waals surface area contributed by atoms with Crippen LogP contribution in [0.4, 0.5) is 0 Å². The molecule has 0 aromatic heterocycles. The maximum absolute atomic E-state index is 10.2. The first-order valence-electron chi connectivity index (χ1n) is 5.61. The second kappa shape index (κ2) is 4.55. The molecule has 2 rings (SSSR count). The predicted molar refractivity (Wildman–Crippen MR) is 63.4 cm³/mol.